The van der Waals surface area contributed by atoms with Crippen LogP contribution in [-0.2, 0) is 0 Å². The molecule has 0 aliphatic carbocycles. The lowest BCUT2D eigenvalue weighted by Gasteiger charge is -2.35. The summed E-state index contributed by atoms with van der Waals surface area (Å²) in [6.07, 6.45) is 0.663. The predicted octanol–water partition coefficient (Wildman–Crippen LogP) is 3.37. The Morgan fingerprint density at radius 2 is 1.81 bits per heavy atom. The van der Waals surface area contributed by atoms with Gasteiger partial charge in [0.05, 0.1) is 30.8 Å². The lowest BCUT2D eigenvalue weighted by atomic mass is 9.95. The molecule has 1 aliphatic heterocycles. The number of hydrogen-bond acceptors (Lipinski definition) is 6. The molecule has 1 aromatic rings. The first kappa shape index (κ1) is 24.5. The Morgan fingerprint density at radius 3 is 2.27 bits per heavy atom. The Hall–Kier alpha value is -1.54. The second-order valence-corrected chi connectivity index (χ2v) is 5.99. The largest absolute Gasteiger partial charge is 0.493 e. The summed E-state index contributed by atoms with van der Waals surface area (Å²) in [6.45, 7) is 9.36. The number of nitrogens with one attached hydrogen (secondary N) is 1. The molecule has 2 rings (SSSR count). The Bertz CT molecular complexity index is 622. The van der Waals surface area contributed by atoms with Gasteiger partial charge in [0.1, 0.15) is 0 Å². The lowest BCUT2D eigenvalue weighted by molar-refractivity contribution is -0.386. The monoisotopic (exact) mass is 407 g/mol. The topological polar surface area (TPSA) is 76.9 Å². The van der Waals surface area contributed by atoms with E-state index < -0.39 is 0 Å². The number of nitro benzene ring substituents is 1. The summed E-state index contributed by atoms with van der Waals surface area (Å²) in [4.78, 5) is 13.5. The van der Waals surface area contributed by atoms with Gasteiger partial charge in [0.15, 0.2) is 11.5 Å². The quantitative estimate of drug-likeness (QED) is 0.424. The van der Waals surface area contributed by atoms with Crippen LogP contribution in [0.25, 0.3) is 0 Å². The maximum Gasteiger partial charge on any atom is 0.278 e. The van der Waals surface area contributed by atoms with Crippen LogP contribution in [-0.4, -0.2) is 50.2 Å². The molecule has 9 heteroatoms. The summed E-state index contributed by atoms with van der Waals surface area (Å²) in [5.41, 5.74) is 1.68. The number of benzene rings is 1. The fourth-order valence-electron chi connectivity index (χ4n) is 3.07. The van der Waals surface area contributed by atoms with Crippen molar-refractivity contribution in [3.63, 3.8) is 0 Å². The molecule has 0 aromatic heterocycles. The fourth-order valence-corrected chi connectivity index (χ4v) is 3.07. The number of ether oxygens (including phenoxy) is 2. The average Bonchev–Trinajstić information content (AvgIpc) is 2.59. The molecule has 0 radical (unpaired) electrons. The molecule has 26 heavy (non-hydrogen) atoms. The number of rotatable bonds is 7. The summed E-state index contributed by atoms with van der Waals surface area (Å²) in [5, 5.41) is 14.9. The van der Waals surface area contributed by atoms with Crippen LogP contribution in [0.2, 0.25) is 0 Å². The first-order chi connectivity index (χ1) is 11.5. The van der Waals surface area contributed by atoms with Gasteiger partial charge in [-0.25, -0.2) is 0 Å². The maximum atomic E-state index is 11.6. The third-order valence-corrected chi connectivity index (χ3v) is 4.22. The van der Waals surface area contributed by atoms with Crippen LogP contribution >= 0.6 is 24.8 Å². The summed E-state index contributed by atoms with van der Waals surface area (Å²) in [6, 6.07) is 3.07. The van der Waals surface area contributed by atoms with Gasteiger partial charge in [-0.1, -0.05) is 5.57 Å². The molecule has 0 amide bonds. The molecule has 0 saturated carbocycles. The van der Waals surface area contributed by atoms with Crippen LogP contribution in [0.5, 0.6) is 11.5 Å². The third kappa shape index (κ3) is 5.74. The SMILES string of the molecule is C=C(C)C[C@@H](c1cc(OC)c(OC)cc1[N+](=O)[O-])N1CCNCC1.Cl.Cl. The average molecular weight is 408 g/mol. The molecular formula is C17H27Cl2N3O4. The molecule has 1 aromatic carbocycles. The van der Waals surface area contributed by atoms with Crippen molar-refractivity contribution in [2.45, 2.75) is 19.4 Å². The summed E-state index contributed by atoms with van der Waals surface area (Å²) >= 11 is 0. The zero-order valence-electron chi connectivity index (χ0n) is 15.3. The van der Waals surface area contributed by atoms with Gasteiger partial charge < -0.3 is 14.8 Å². The number of piperazine rings is 1. The second kappa shape index (κ2) is 11.2. The fraction of sp³-hybridized carbons (Fsp3) is 0.529. The van der Waals surface area contributed by atoms with Crippen molar-refractivity contribution in [2.24, 2.45) is 0 Å². The third-order valence-electron chi connectivity index (χ3n) is 4.22. The van der Waals surface area contributed by atoms with E-state index in [1.807, 2.05) is 6.92 Å². The van der Waals surface area contributed by atoms with E-state index in [0.717, 1.165) is 31.8 Å². The normalized spacial score (nSPS) is 15.2. The zero-order chi connectivity index (χ0) is 17.7. The van der Waals surface area contributed by atoms with Gasteiger partial charge in [-0.05, 0) is 19.4 Å². The van der Waals surface area contributed by atoms with Gasteiger partial charge in [0.25, 0.3) is 5.69 Å². The number of halogens is 2. The van der Waals surface area contributed by atoms with E-state index in [0.29, 0.717) is 23.5 Å². The van der Waals surface area contributed by atoms with Crippen LogP contribution in [0, 0.1) is 10.1 Å². The van der Waals surface area contributed by atoms with Crippen molar-refractivity contribution in [2.75, 3.05) is 40.4 Å². The molecule has 148 valence electrons. The van der Waals surface area contributed by atoms with E-state index >= 15 is 0 Å². The molecular weight excluding hydrogens is 381 g/mol. The van der Waals surface area contributed by atoms with Crippen LogP contribution in [0.15, 0.2) is 24.3 Å². The Kier molecular flexibility index (Phi) is 10.6. The van der Waals surface area contributed by atoms with Gasteiger partial charge in [0.2, 0.25) is 0 Å². The van der Waals surface area contributed by atoms with Crippen LogP contribution in [0.1, 0.15) is 24.9 Å². The molecule has 1 fully saturated rings. The Balaban J connectivity index is 0.00000312. The maximum absolute atomic E-state index is 11.6. The van der Waals surface area contributed by atoms with Crippen molar-refractivity contribution in [3.8, 4) is 11.5 Å². The van der Waals surface area contributed by atoms with Crippen LogP contribution in [0.3, 0.4) is 0 Å². The number of hydrogen-bond donors (Lipinski definition) is 1. The minimum absolute atomic E-state index is 0. The van der Waals surface area contributed by atoms with E-state index in [9.17, 15) is 10.1 Å². The second-order valence-electron chi connectivity index (χ2n) is 5.99. The number of nitrogens with zero attached hydrogens (tertiary/aromatic N) is 2. The van der Waals surface area contributed by atoms with Gasteiger partial charge >= 0.3 is 0 Å². The van der Waals surface area contributed by atoms with Gasteiger partial charge in [-0.2, -0.15) is 0 Å². The molecule has 1 atom stereocenters. The van der Waals surface area contributed by atoms with Crippen molar-refractivity contribution in [3.05, 3.63) is 40.0 Å². The van der Waals surface area contributed by atoms with E-state index in [1.165, 1.54) is 20.3 Å². The summed E-state index contributed by atoms with van der Waals surface area (Å²) < 4.78 is 10.6. The minimum atomic E-state index is -0.356. The highest BCUT2D eigenvalue weighted by atomic mass is 35.5. The number of methoxy groups -OCH3 is 2. The Labute approximate surface area is 166 Å². The van der Waals surface area contributed by atoms with E-state index in [-0.39, 0.29) is 41.5 Å². The van der Waals surface area contributed by atoms with Crippen molar-refractivity contribution in [1.29, 1.82) is 0 Å². The lowest BCUT2D eigenvalue weighted by Crippen LogP contribution is -2.45. The van der Waals surface area contributed by atoms with Crippen molar-refractivity contribution < 1.29 is 14.4 Å². The number of nitro groups is 1. The van der Waals surface area contributed by atoms with E-state index in [1.54, 1.807) is 6.07 Å². The first-order valence-corrected chi connectivity index (χ1v) is 7.97. The zero-order valence-corrected chi connectivity index (χ0v) is 17.0. The molecule has 1 aliphatic rings. The van der Waals surface area contributed by atoms with E-state index in [2.05, 4.69) is 16.8 Å². The molecule has 0 spiro atoms. The summed E-state index contributed by atoms with van der Waals surface area (Å²) in [7, 11) is 3.01. The molecule has 1 N–H and O–H groups in total. The van der Waals surface area contributed by atoms with Crippen LogP contribution < -0.4 is 14.8 Å². The first-order valence-electron chi connectivity index (χ1n) is 7.97. The molecule has 0 unspecified atom stereocenters. The van der Waals surface area contributed by atoms with Crippen LogP contribution in [0.4, 0.5) is 5.69 Å². The summed E-state index contributed by atoms with van der Waals surface area (Å²) in [5.74, 6) is 0.863. The minimum Gasteiger partial charge on any atom is -0.493 e. The standard InChI is InChI=1S/C17H25N3O4.2ClH/c1-12(2)9-14(19-7-5-18-6-8-19)13-10-16(23-3)17(24-4)11-15(13)20(21)22;;/h10-11,14,18H,1,5-9H2,2-4H3;2*1H/t14-;;/m0../s1. The van der Waals surface area contributed by atoms with Crippen molar-refractivity contribution >= 4 is 30.5 Å². The molecule has 1 heterocycles. The molecule has 0 bridgehead atoms. The predicted molar refractivity (Wildman–Crippen MR) is 107 cm³/mol. The molecule has 1 saturated heterocycles. The van der Waals surface area contributed by atoms with Gasteiger partial charge in [0, 0.05) is 32.2 Å². The smallest absolute Gasteiger partial charge is 0.278 e. The highest BCUT2D eigenvalue weighted by Gasteiger charge is 2.30. The molecule has 7 nitrogen and oxygen atoms in total. The Morgan fingerprint density at radius 1 is 1.27 bits per heavy atom. The van der Waals surface area contributed by atoms with Gasteiger partial charge in [-0.15, -0.1) is 31.4 Å². The highest BCUT2D eigenvalue weighted by Crippen LogP contribution is 2.41. The van der Waals surface area contributed by atoms with Gasteiger partial charge in [-0.3, -0.25) is 15.0 Å². The highest BCUT2D eigenvalue weighted by molar-refractivity contribution is 5.85. The van der Waals surface area contributed by atoms with E-state index in [4.69, 9.17) is 9.47 Å². The van der Waals surface area contributed by atoms with Crippen molar-refractivity contribution in [1.82, 2.24) is 10.2 Å².